The Labute approximate surface area is 72.9 Å². The lowest BCUT2D eigenvalue weighted by Gasteiger charge is -2.13. The van der Waals surface area contributed by atoms with E-state index in [1.54, 1.807) is 14.0 Å². The third-order valence-electron chi connectivity index (χ3n) is 1.18. The van der Waals surface area contributed by atoms with E-state index in [4.69, 9.17) is 4.74 Å². The quantitative estimate of drug-likeness (QED) is 0.612. The maximum atomic E-state index is 11.0. The number of rotatable bonds is 4. The Morgan fingerprint density at radius 2 is 2.18 bits per heavy atom. The molecule has 0 fully saturated rings. The highest BCUT2D eigenvalue weighted by Gasteiger charge is 2.10. The van der Waals surface area contributed by atoms with E-state index in [1.807, 2.05) is 6.92 Å². The molecule has 0 heterocycles. The average molecular weight is 177 g/mol. The van der Waals surface area contributed by atoms with E-state index in [0.717, 1.165) is 0 Å². The third kappa shape index (κ3) is 5.09. The Bertz CT molecular complexity index is 128. The molecule has 0 bridgehead atoms. The van der Waals surface area contributed by atoms with Crippen LogP contribution in [0.25, 0.3) is 0 Å². The fourth-order valence-corrected chi connectivity index (χ4v) is 0.730. The molecule has 2 atom stereocenters. The topological polar surface area (TPSA) is 38.3 Å². The van der Waals surface area contributed by atoms with E-state index in [0.29, 0.717) is 6.61 Å². The van der Waals surface area contributed by atoms with E-state index in [1.165, 1.54) is 0 Å². The average Bonchev–Trinajstić information content (AvgIpc) is 1.87. The first-order valence-corrected chi connectivity index (χ1v) is 4.07. The van der Waals surface area contributed by atoms with Crippen molar-refractivity contribution in [3.05, 3.63) is 0 Å². The zero-order valence-electron chi connectivity index (χ0n) is 7.13. The van der Waals surface area contributed by atoms with Crippen LogP contribution in [-0.2, 0) is 9.53 Å². The van der Waals surface area contributed by atoms with Gasteiger partial charge in [0.15, 0.2) is 0 Å². The summed E-state index contributed by atoms with van der Waals surface area (Å²) in [5, 5.41) is 2.48. The van der Waals surface area contributed by atoms with Crippen LogP contribution >= 0.6 is 12.6 Å². The van der Waals surface area contributed by atoms with Crippen molar-refractivity contribution in [3.8, 4) is 0 Å². The summed E-state index contributed by atoms with van der Waals surface area (Å²) in [6.45, 7) is 4.15. The van der Waals surface area contributed by atoms with Crippen LogP contribution in [0, 0.1) is 0 Å². The Morgan fingerprint density at radius 3 is 2.55 bits per heavy atom. The zero-order chi connectivity index (χ0) is 8.85. The minimum absolute atomic E-state index is 0.0575. The Hall–Kier alpha value is -0.220. The SMILES string of the molecule is COCC(C)NC(=O)C(C)S. The molecule has 3 nitrogen and oxygen atoms in total. The van der Waals surface area contributed by atoms with Gasteiger partial charge in [-0.1, -0.05) is 0 Å². The molecular weight excluding hydrogens is 162 g/mol. The standard InChI is InChI=1S/C7H15NO2S/c1-5(4-10-3)8-7(9)6(2)11/h5-6,11H,4H2,1-3H3,(H,8,9). The summed E-state index contributed by atoms with van der Waals surface area (Å²) in [7, 11) is 1.60. The summed E-state index contributed by atoms with van der Waals surface area (Å²) in [5.41, 5.74) is 0. The Morgan fingerprint density at radius 1 is 1.64 bits per heavy atom. The molecule has 1 amide bonds. The van der Waals surface area contributed by atoms with E-state index in [2.05, 4.69) is 17.9 Å². The van der Waals surface area contributed by atoms with Gasteiger partial charge in [0, 0.05) is 13.2 Å². The first-order chi connectivity index (χ1) is 5.07. The van der Waals surface area contributed by atoms with Gasteiger partial charge < -0.3 is 10.1 Å². The van der Waals surface area contributed by atoms with Crippen molar-refractivity contribution >= 4 is 18.5 Å². The van der Waals surface area contributed by atoms with E-state index in [-0.39, 0.29) is 17.2 Å². The van der Waals surface area contributed by atoms with Crippen LogP contribution in [0.3, 0.4) is 0 Å². The summed E-state index contributed by atoms with van der Waals surface area (Å²) in [5.74, 6) is -0.0575. The van der Waals surface area contributed by atoms with E-state index in [9.17, 15) is 4.79 Å². The van der Waals surface area contributed by atoms with Crippen LogP contribution in [-0.4, -0.2) is 30.9 Å². The van der Waals surface area contributed by atoms with Crippen molar-refractivity contribution < 1.29 is 9.53 Å². The number of hydrogen-bond acceptors (Lipinski definition) is 3. The number of carbonyl (C=O) groups is 1. The molecule has 2 unspecified atom stereocenters. The maximum Gasteiger partial charge on any atom is 0.232 e. The predicted octanol–water partition coefficient (Wildman–Crippen LogP) is 0.456. The second-order valence-electron chi connectivity index (χ2n) is 2.54. The van der Waals surface area contributed by atoms with Crippen LogP contribution in [0.1, 0.15) is 13.8 Å². The molecule has 1 N–H and O–H groups in total. The number of ether oxygens (including phenoxy) is 1. The van der Waals surface area contributed by atoms with Crippen molar-refractivity contribution in [1.82, 2.24) is 5.32 Å². The highest BCUT2D eigenvalue weighted by atomic mass is 32.1. The number of amides is 1. The second kappa shape index (κ2) is 5.43. The number of hydrogen-bond donors (Lipinski definition) is 2. The van der Waals surface area contributed by atoms with Gasteiger partial charge in [-0.3, -0.25) is 4.79 Å². The highest BCUT2D eigenvalue weighted by Crippen LogP contribution is 1.93. The minimum atomic E-state index is -0.255. The Balaban J connectivity index is 3.57. The van der Waals surface area contributed by atoms with Gasteiger partial charge in [0.25, 0.3) is 0 Å². The van der Waals surface area contributed by atoms with Crippen molar-refractivity contribution in [2.75, 3.05) is 13.7 Å². The summed E-state index contributed by atoms with van der Waals surface area (Å²) in [6, 6.07) is 0.0575. The minimum Gasteiger partial charge on any atom is -0.383 e. The number of carbonyl (C=O) groups excluding carboxylic acids is 1. The highest BCUT2D eigenvalue weighted by molar-refractivity contribution is 7.81. The monoisotopic (exact) mass is 177 g/mol. The van der Waals surface area contributed by atoms with Crippen LogP contribution in [0.4, 0.5) is 0 Å². The van der Waals surface area contributed by atoms with Crippen LogP contribution in [0.2, 0.25) is 0 Å². The van der Waals surface area contributed by atoms with Crippen molar-refractivity contribution in [2.24, 2.45) is 0 Å². The molecule has 0 aromatic carbocycles. The molecule has 0 aliphatic rings. The molecule has 0 aliphatic carbocycles. The van der Waals surface area contributed by atoms with Crippen LogP contribution < -0.4 is 5.32 Å². The first kappa shape index (κ1) is 10.8. The zero-order valence-corrected chi connectivity index (χ0v) is 8.02. The van der Waals surface area contributed by atoms with Crippen LogP contribution in [0.5, 0.6) is 0 Å². The van der Waals surface area contributed by atoms with Gasteiger partial charge in [0.1, 0.15) is 0 Å². The van der Waals surface area contributed by atoms with Crippen molar-refractivity contribution in [3.63, 3.8) is 0 Å². The van der Waals surface area contributed by atoms with E-state index >= 15 is 0 Å². The number of thiol groups is 1. The molecule has 0 saturated carbocycles. The van der Waals surface area contributed by atoms with Gasteiger partial charge in [-0.15, -0.1) is 0 Å². The predicted molar refractivity (Wildman–Crippen MR) is 47.9 cm³/mol. The lowest BCUT2D eigenvalue weighted by Crippen LogP contribution is -2.39. The summed E-state index contributed by atoms with van der Waals surface area (Å²) < 4.78 is 4.84. The number of methoxy groups -OCH3 is 1. The molecule has 0 radical (unpaired) electrons. The normalized spacial score (nSPS) is 15.6. The molecule has 0 aromatic heterocycles. The molecule has 66 valence electrons. The smallest absolute Gasteiger partial charge is 0.232 e. The molecule has 0 aliphatic heterocycles. The fourth-order valence-electron chi connectivity index (χ4n) is 0.655. The van der Waals surface area contributed by atoms with Gasteiger partial charge in [-0.25, -0.2) is 0 Å². The molecule has 0 rings (SSSR count). The van der Waals surface area contributed by atoms with Gasteiger partial charge >= 0.3 is 0 Å². The van der Waals surface area contributed by atoms with E-state index < -0.39 is 0 Å². The third-order valence-corrected chi connectivity index (χ3v) is 1.42. The van der Waals surface area contributed by atoms with Gasteiger partial charge in [-0.2, -0.15) is 12.6 Å². The fraction of sp³-hybridized carbons (Fsp3) is 0.857. The summed E-state index contributed by atoms with van der Waals surface area (Å²) in [4.78, 5) is 11.0. The number of nitrogens with one attached hydrogen (secondary N) is 1. The lowest BCUT2D eigenvalue weighted by molar-refractivity contribution is -0.121. The second-order valence-corrected chi connectivity index (χ2v) is 3.32. The molecule has 0 spiro atoms. The molecule has 0 aromatic rings. The van der Waals surface area contributed by atoms with Crippen molar-refractivity contribution in [1.29, 1.82) is 0 Å². The van der Waals surface area contributed by atoms with Crippen molar-refractivity contribution in [2.45, 2.75) is 25.1 Å². The summed E-state index contributed by atoms with van der Waals surface area (Å²) >= 11 is 3.98. The van der Waals surface area contributed by atoms with Gasteiger partial charge in [-0.05, 0) is 13.8 Å². The molecular formula is C7H15NO2S. The molecule has 4 heteroatoms. The molecule has 0 saturated heterocycles. The Kier molecular flexibility index (Phi) is 5.32. The largest absolute Gasteiger partial charge is 0.383 e. The van der Waals surface area contributed by atoms with Crippen LogP contribution in [0.15, 0.2) is 0 Å². The summed E-state index contributed by atoms with van der Waals surface area (Å²) in [6.07, 6.45) is 0. The molecule has 11 heavy (non-hydrogen) atoms. The maximum absolute atomic E-state index is 11.0. The first-order valence-electron chi connectivity index (χ1n) is 3.55. The lowest BCUT2D eigenvalue weighted by atomic mass is 10.3. The van der Waals surface area contributed by atoms with Gasteiger partial charge in [0.05, 0.1) is 11.9 Å². The van der Waals surface area contributed by atoms with Gasteiger partial charge in [0.2, 0.25) is 5.91 Å².